The Bertz CT molecular complexity index is 2320. The molecule has 0 saturated carbocycles. The third-order valence-corrected chi connectivity index (χ3v) is 15.2. The molecule has 0 atom stereocenters. The van der Waals surface area contributed by atoms with E-state index in [2.05, 4.69) is 105 Å². The van der Waals surface area contributed by atoms with Gasteiger partial charge in [-0.2, -0.15) is 0 Å². The van der Waals surface area contributed by atoms with Crippen LogP contribution in [0.1, 0.15) is 320 Å². The van der Waals surface area contributed by atoms with E-state index in [1.165, 1.54) is 157 Å². The molecule has 0 radical (unpaired) electrons. The van der Waals surface area contributed by atoms with Gasteiger partial charge in [0.1, 0.15) is 0 Å². The van der Waals surface area contributed by atoms with E-state index in [1.54, 1.807) is 56.3 Å². The first-order chi connectivity index (χ1) is 55.6. The topological polar surface area (TPSA) is 257 Å². The highest BCUT2D eigenvalue weighted by Gasteiger charge is 2.05. The minimum Gasteiger partial charge on any atom is -0.463 e. The van der Waals surface area contributed by atoms with Crippen LogP contribution in [-0.2, 0) is 99.9 Å². The molecule has 0 rings (SSSR count). The van der Waals surface area contributed by atoms with Gasteiger partial charge in [-0.05, 0) is 137 Å². The molecule has 0 aliphatic rings. The molecule has 0 aromatic carbocycles. The van der Waals surface area contributed by atoms with E-state index in [1.807, 2.05) is 13.8 Å². The van der Waals surface area contributed by atoms with E-state index in [0.717, 1.165) is 161 Å². The summed E-state index contributed by atoms with van der Waals surface area (Å²) in [6.07, 6.45) is 50.3. The quantitative estimate of drug-likeness (QED) is 0.0180. The molecule has 0 spiro atoms. The van der Waals surface area contributed by atoms with Crippen molar-refractivity contribution < 1.29 is 99.9 Å². The van der Waals surface area contributed by atoms with E-state index in [9.17, 15) is 38.4 Å². The molecule has 0 heterocycles. The van der Waals surface area contributed by atoms with E-state index < -0.39 is 0 Å². The number of esters is 8. The van der Waals surface area contributed by atoms with Gasteiger partial charge in [0.05, 0.1) is 52.9 Å². The van der Waals surface area contributed by atoms with Crippen molar-refractivity contribution in [2.75, 3.05) is 121 Å². The molecule has 0 aliphatic heterocycles. The van der Waals surface area contributed by atoms with Gasteiger partial charge in [-0.15, -0.1) is 13.2 Å². The van der Waals surface area contributed by atoms with Crippen LogP contribution in [-0.4, -0.2) is 169 Å². The Morgan fingerprint density at radius 3 is 0.578 bits per heavy atom. The number of hydrogen-bond acceptors (Lipinski definition) is 21. The molecule has 0 saturated heterocycles. The lowest BCUT2D eigenvalue weighted by Crippen LogP contribution is -2.06. The number of methoxy groups -OCH3 is 5. The van der Waals surface area contributed by atoms with E-state index >= 15 is 0 Å². The molecular weight excluding hydrogens is 1480 g/mol. The maximum absolute atomic E-state index is 11.0. The summed E-state index contributed by atoms with van der Waals surface area (Å²) < 4.78 is 63.1. The molecule has 21 nitrogen and oxygen atoms in total. The zero-order valence-electron chi connectivity index (χ0n) is 76.8. The number of carbonyl (C=O) groups excluding carboxylic acids is 8. The maximum Gasteiger partial charge on any atom is 0.333 e. The number of carbonyl (C=O) groups is 8. The SMILES string of the molecule is C=C(C)C(=O)OCCCCCCCCOC.C=C(C)C(=O)OCCCCCCOC.C=C(C)C(=O)OCCCCOC.C=C(C)CCCCCCOC.C=C(C)CCOC.C=CC(=O)OCCCC.C=CC(=O)OCCCCC.C=CC(=O)OCCCCCC.C=CC(=O)OCCCCCCC.C=CC(=O)OCCCCCCCCC. The molecule has 0 aromatic heterocycles. The monoisotopic (exact) mass is 1650 g/mol. The van der Waals surface area contributed by atoms with Crippen molar-refractivity contribution in [2.24, 2.45) is 0 Å². The summed E-state index contributed by atoms with van der Waals surface area (Å²) in [5, 5.41) is 0. The van der Waals surface area contributed by atoms with Crippen LogP contribution in [0.15, 0.2) is 124 Å². The zero-order valence-corrected chi connectivity index (χ0v) is 76.8. The Morgan fingerprint density at radius 2 is 0.371 bits per heavy atom. The second kappa shape index (κ2) is 119. The second-order valence-electron chi connectivity index (χ2n) is 27.3. The van der Waals surface area contributed by atoms with Crippen LogP contribution >= 0.6 is 0 Å². The summed E-state index contributed by atoms with van der Waals surface area (Å²) in [5.74, 6) is -2.48. The van der Waals surface area contributed by atoms with Crippen molar-refractivity contribution in [1.82, 2.24) is 0 Å². The molecule has 0 bridgehead atoms. The van der Waals surface area contributed by atoms with Crippen molar-refractivity contribution in [1.29, 1.82) is 0 Å². The van der Waals surface area contributed by atoms with Gasteiger partial charge >= 0.3 is 47.8 Å². The van der Waals surface area contributed by atoms with Gasteiger partial charge in [0.15, 0.2) is 0 Å². The van der Waals surface area contributed by atoms with E-state index in [0.29, 0.717) is 76.2 Å². The molecular formula is C95H174O21. The molecule has 116 heavy (non-hydrogen) atoms. The fourth-order valence-electron chi connectivity index (χ4n) is 8.22. The predicted octanol–water partition coefficient (Wildman–Crippen LogP) is 23.6. The first-order valence-electron chi connectivity index (χ1n) is 42.8. The van der Waals surface area contributed by atoms with Crippen LogP contribution in [0.3, 0.4) is 0 Å². The lowest BCUT2D eigenvalue weighted by Gasteiger charge is -2.04. The fraction of sp³-hybridized carbons (Fsp3) is 0.705. The van der Waals surface area contributed by atoms with Crippen molar-refractivity contribution in [2.45, 2.75) is 320 Å². The van der Waals surface area contributed by atoms with Gasteiger partial charge in [-0.1, -0.05) is 246 Å². The number of unbranched alkanes of at least 4 members (excludes halogenated alkanes) is 28. The Morgan fingerprint density at radius 1 is 0.207 bits per heavy atom. The Labute approximate surface area is 709 Å². The highest BCUT2D eigenvalue weighted by molar-refractivity contribution is 5.88. The van der Waals surface area contributed by atoms with Gasteiger partial charge in [-0.3, -0.25) is 0 Å². The Hall–Kier alpha value is -7.04. The van der Waals surface area contributed by atoms with Crippen LogP contribution in [0, 0.1) is 0 Å². The summed E-state index contributed by atoms with van der Waals surface area (Å²) in [6, 6.07) is 0. The molecule has 0 aromatic rings. The van der Waals surface area contributed by atoms with Crippen molar-refractivity contribution in [3.8, 4) is 0 Å². The predicted molar refractivity (Wildman–Crippen MR) is 481 cm³/mol. The Kier molecular flexibility index (Phi) is 133. The van der Waals surface area contributed by atoms with E-state index in [-0.39, 0.29) is 47.8 Å². The van der Waals surface area contributed by atoms with Crippen molar-refractivity contribution >= 4 is 47.8 Å². The van der Waals surface area contributed by atoms with Gasteiger partial charge in [0.2, 0.25) is 0 Å². The fourth-order valence-corrected chi connectivity index (χ4v) is 8.22. The summed E-state index contributed by atoms with van der Waals surface area (Å²) in [6.45, 7) is 62.5. The lowest BCUT2D eigenvalue weighted by molar-refractivity contribution is -0.140. The minimum atomic E-state index is -0.330. The number of allylic oxidation sites excluding steroid dienone is 1. The van der Waals surface area contributed by atoms with Crippen LogP contribution in [0.4, 0.5) is 0 Å². The average Bonchev–Trinajstić information content (AvgIpc) is 1.03. The van der Waals surface area contributed by atoms with Crippen LogP contribution < -0.4 is 0 Å². The van der Waals surface area contributed by atoms with Gasteiger partial charge in [0.25, 0.3) is 0 Å². The highest BCUT2D eigenvalue weighted by atomic mass is 16.6. The zero-order chi connectivity index (χ0) is 90.0. The van der Waals surface area contributed by atoms with Crippen molar-refractivity contribution in [3.63, 3.8) is 0 Å². The van der Waals surface area contributed by atoms with Gasteiger partial charge in [0, 0.05) is 116 Å². The smallest absolute Gasteiger partial charge is 0.333 e. The summed E-state index contributed by atoms with van der Waals surface area (Å²) in [5.41, 5.74) is 3.87. The van der Waals surface area contributed by atoms with Crippen LogP contribution in [0.5, 0.6) is 0 Å². The first-order valence-corrected chi connectivity index (χ1v) is 42.8. The molecule has 0 fully saturated rings. The standard InChI is InChI=1S/C13H24O3.C12H22O2.C11H20O3.C10H18O2.C10H20O.C9H16O3.C9H16O2.C8H14O2.C7H12O2.C6H12O/c1-12(2)13(14)16-11-9-7-5-4-6-8-10-15-3;1-3-5-6-7-8-9-10-11-14-12(13)4-2;1-10(2)11(12)14-9-7-5-4-6-8-13-3;1-3-5-6-7-8-9-12-10(11)4-2;1-10(2)8-6-4-5-7-9-11-3;1-8(2)9(10)12-7-5-4-6-11-3;1-3-5-6-7-8-11-9(10)4-2;1-3-5-6-7-10-8(9)4-2;1-3-5-6-9-7(8)4-2;1-6(2)4-5-7-3/h1,4-11H2,2-3H3;4H,2-3,5-11H2,1H3;1,4-9H2,2-3H3;4H,2-3,5-9H2,1H3;1,4-9H2,2-3H3;1,4-7H2,2-3H3;4H,2-3,5-8H2,1H3;4H,2-3,5-7H2,1H3;4H,2-3,5-6H2,1H3;1,4-5H2,2-3H3. The van der Waals surface area contributed by atoms with Crippen LogP contribution in [0.25, 0.3) is 0 Å². The third kappa shape index (κ3) is 148. The first kappa shape index (κ1) is 130. The van der Waals surface area contributed by atoms with E-state index in [4.69, 9.17) is 56.8 Å². The number of ether oxygens (including phenoxy) is 13. The maximum atomic E-state index is 11.0. The molecule has 680 valence electrons. The average molecular weight is 1650 g/mol. The van der Waals surface area contributed by atoms with Crippen molar-refractivity contribution in [3.05, 3.63) is 124 Å². The number of hydrogen-bond donors (Lipinski definition) is 0. The number of rotatable bonds is 65. The van der Waals surface area contributed by atoms with Gasteiger partial charge < -0.3 is 61.6 Å². The van der Waals surface area contributed by atoms with Crippen LogP contribution in [0.2, 0.25) is 0 Å². The molecule has 0 N–H and O–H groups in total. The highest BCUT2D eigenvalue weighted by Crippen LogP contribution is 2.11. The Balaban J connectivity index is -0.000000135. The second-order valence-corrected chi connectivity index (χ2v) is 27.3. The van der Waals surface area contributed by atoms with Gasteiger partial charge in [-0.25, -0.2) is 38.4 Å². The minimum absolute atomic E-state index is 0.278. The summed E-state index contributed by atoms with van der Waals surface area (Å²) >= 11 is 0. The summed E-state index contributed by atoms with van der Waals surface area (Å²) in [7, 11) is 8.54. The normalized spacial score (nSPS) is 9.51. The largest absolute Gasteiger partial charge is 0.463 e. The molecule has 0 unspecified atom stereocenters. The molecule has 0 amide bonds. The lowest BCUT2D eigenvalue weighted by atomic mass is 10.1. The third-order valence-electron chi connectivity index (χ3n) is 15.2. The summed E-state index contributed by atoms with van der Waals surface area (Å²) in [4.78, 5) is 85.3. The molecule has 21 heteroatoms. The molecule has 0 aliphatic carbocycles.